The van der Waals surface area contributed by atoms with Crippen molar-refractivity contribution in [3.63, 3.8) is 0 Å². The third kappa shape index (κ3) is 3.20. The van der Waals surface area contributed by atoms with Crippen molar-refractivity contribution in [1.82, 2.24) is 4.57 Å². The highest BCUT2D eigenvalue weighted by Gasteiger charge is 2.30. The summed E-state index contributed by atoms with van der Waals surface area (Å²) in [6.45, 7) is 5.35. The first kappa shape index (κ1) is 15.4. The largest absolute Gasteiger partial charge is 0.509 e. The Balaban J connectivity index is 2.56. The second-order valence-corrected chi connectivity index (χ2v) is 5.69. The Labute approximate surface area is 123 Å². The number of rotatable bonds is 3. The van der Waals surface area contributed by atoms with Crippen molar-refractivity contribution in [3.05, 3.63) is 24.3 Å². The van der Waals surface area contributed by atoms with Crippen LogP contribution >= 0.6 is 0 Å². The highest BCUT2D eigenvalue weighted by Crippen LogP contribution is 2.21. The van der Waals surface area contributed by atoms with Gasteiger partial charge in [0.2, 0.25) is 0 Å². The van der Waals surface area contributed by atoms with Crippen LogP contribution in [0.4, 0.5) is 4.79 Å². The van der Waals surface area contributed by atoms with Crippen LogP contribution in [0.1, 0.15) is 20.8 Å². The van der Waals surface area contributed by atoms with E-state index in [1.807, 2.05) is 0 Å². The minimum atomic E-state index is -1.33. The van der Waals surface area contributed by atoms with Gasteiger partial charge in [-0.3, -0.25) is 4.57 Å². The van der Waals surface area contributed by atoms with Gasteiger partial charge < -0.3 is 19.5 Å². The van der Waals surface area contributed by atoms with Crippen molar-refractivity contribution in [2.45, 2.75) is 26.4 Å². The van der Waals surface area contributed by atoms with E-state index in [-0.39, 0.29) is 5.59 Å². The lowest BCUT2D eigenvalue weighted by atomic mass is 9.83. The van der Waals surface area contributed by atoms with Crippen LogP contribution in [-0.4, -0.2) is 40.6 Å². The zero-order chi connectivity index (χ0) is 15.8. The van der Waals surface area contributed by atoms with Crippen molar-refractivity contribution in [2.24, 2.45) is 0 Å². The van der Waals surface area contributed by atoms with Crippen LogP contribution in [0.5, 0.6) is 5.75 Å². The lowest BCUT2D eigenvalue weighted by Crippen LogP contribution is -2.45. The summed E-state index contributed by atoms with van der Waals surface area (Å²) in [4.78, 5) is 11.5. The summed E-state index contributed by atoms with van der Waals surface area (Å²) in [5.41, 5.74) is 0.0345. The van der Waals surface area contributed by atoms with Crippen molar-refractivity contribution in [1.29, 1.82) is 0 Å². The van der Waals surface area contributed by atoms with Crippen molar-refractivity contribution < 1.29 is 24.3 Å². The molecule has 0 saturated heterocycles. The predicted molar refractivity (Wildman–Crippen MR) is 80.4 cm³/mol. The summed E-state index contributed by atoms with van der Waals surface area (Å²) in [6, 6.07) is 6.60. The second kappa shape index (κ2) is 5.42. The van der Waals surface area contributed by atoms with Crippen LogP contribution in [0.15, 0.2) is 24.3 Å². The molecule has 1 aromatic heterocycles. The van der Waals surface area contributed by atoms with Crippen LogP contribution in [0.25, 0.3) is 10.9 Å². The monoisotopic (exact) mass is 291 g/mol. The summed E-state index contributed by atoms with van der Waals surface area (Å²) in [7, 11) is 0.202. The number of hydrogen-bond donors (Lipinski definition) is 2. The quantitative estimate of drug-likeness (QED) is 0.841. The van der Waals surface area contributed by atoms with Gasteiger partial charge in [0.25, 0.3) is 0 Å². The number of nitrogens with zero attached hydrogens (tertiary/aromatic N) is 1. The molecule has 0 saturated carbocycles. The van der Waals surface area contributed by atoms with E-state index in [0.717, 1.165) is 4.57 Å². The molecule has 112 valence electrons. The van der Waals surface area contributed by atoms with Gasteiger partial charge in [-0.05, 0) is 45.0 Å². The van der Waals surface area contributed by atoms with E-state index in [1.54, 1.807) is 45.0 Å². The maximum Gasteiger partial charge on any atom is 0.509 e. The van der Waals surface area contributed by atoms with Crippen LogP contribution in [0, 0.1) is 0 Å². The van der Waals surface area contributed by atoms with Gasteiger partial charge in [0.15, 0.2) is 0 Å². The minimum absolute atomic E-state index is 0.167. The summed E-state index contributed by atoms with van der Waals surface area (Å²) in [5, 5.41) is 20.2. The minimum Gasteiger partial charge on any atom is -0.497 e. The molecule has 6 nitrogen and oxygen atoms in total. The van der Waals surface area contributed by atoms with Gasteiger partial charge >= 0.3 is 13.2 Å². The van der Waals surface area contributed by atoms with E-state index >= 15 is 0 Å². The van der Waals surface area contributed by atoms with Gasteiger partial charge in [0, 0.05) is 11.0 Å². The lowest BCUT2D eigenvalue weighted by molar-refractivity contribution is 0.106. The molecule has 2 aromatic rings. The molecule has 0 spiro atoms. The Morgan fingerprint density at radius 3 is 2.48 bits per heavy atom. The summed E-state index contributed by atoms with van der Waals surface area (Å²) in [6.07, 6.45) is -1.18. The van der Waals surface area contributed by atoms with Gasteiger partial charge in [-0.2, -0.15) is 0 Å². The van der Waals surface area contributed by atoms with Crippen molar-refractivity contribution in [2.75, 3.05) is 7.11 Å². The predicted octanol–water partition coefficient (Wildman–Crippen LogP) is 1.68. The number of aromatic nitrogens is 1. The number of ether oxygens (including phenoxy) is 1. The Bertz CT molecular complexity index is 674. The van der Waals surface area contributed by atoms with Crippen molar-refractivity contribution >= 4 is 29.7 Å². The summed E-state index contributed by atoms with van der Waals surface area (Å²) < 4.78 is 11.6. The average Bonchev–Trinajstić information content (AvgIpc) is 2.74. The summed E-state index contributed by atoms with van der Waals surface area (Å²) >= 11 is 0. The molecule has 7 heteroatoms. The van der Waals surface area contributed by atoms with Crippen LogP contribution in [0.2, 0.25) is 0 Å². The number of benzene rings is 1. The molecule has 2 rings (SSSR count). The number of hydrogen-bond acceptors (Lipinski definition) is 4. The van der Waals surface area contributed by atoms with E-state index in [4.69, 9.17) is 9.39 Å². The van der Waals surface area contributed by atoms with Gasteiger partial charge in [-0.15, -0.1) is 0 Å². The normalized spacial score (nSPS) is 11.7. The molecule has 1 heterocycles. The standard InChI is InChI=1S/C14H18BNO5/c1-14(2,3)21-15(19)12-8-9-7-10(20-4)5-6-11(9)16(12)13(17)18/h5-8,19H,1-4H3,(H,17,18). The fourth-order valence-corrected chi connectivity index (χ4v) is 2.13. The number of carboxylic acid groups (broad SMARTS) is 1. The highest BCUT2D eigenvalue weighted by molar-refractivity contribution is 6.60. The molecule has 0 unspecified atom stereocenters. The molecular formula is C14H18BNO5. The second-order valence-electron chi connectivity index (χ2n) is 5.69. The molecular weight excluding hydrogens is 273 g/mol. The Hall–Kier alpha value is -1.99. The third-order valence-electron chi connectivity index (χ3n) is 2.95. The maximum atomic E-state index is 11.5. The molecule has 0 amide bonds. The number of fused-ring (bicyclic) bond motifs is 1. The molecule has 0 aliphatic carbocycles. The van der Waals surface area contributed by atoms with E-state index in [0.29, 0.717) is 16.7 Å². The zero-order valence-electron chi connectivity index (χ0n) is 12.5. The van der Waals surface area contributed by atoms with E-state index in [9.17, 15) is 14.9 Å². The third-order valence-corrected chi connectivity index (χ3v) is 2.95. The van der Waals surface area contributed by atoms with Crippen molar-refractivity contribution in [3.8, 4) is 5.75 Å². The molecule has 0 atom stereocenters. The molecule has 0 aliphatic heterocycles. The van der Waals surface area contributed by atoms with Crippen LogP contribution < -0.4 is 10.3 Å². The SMILES string of the molecule is COc1ccc2c(c1)cc(B(O)OC(C)(C)C)n2C(=O)O. The van der Waals surface area contributed by atoms with Gasteiger partial charge in [0.05, 0.1) is 18.2 Å². The smallest absolute Gasteiger partial charge is 0.497 e. The lowest BCUT2D eigenvalue weighted by Gasteiger charge is -2.22. The first-order chi connectivity index (χ1) is 9.73. The average molecular weight is 291 g/mol. The maximum absolute atomic E-state index is 11.5. The first-order valence-electron chi connectivity index (χ1n) is 6.51. The van der Waals surface area contributed by atoms with Crippen LogP contribution in [0.3, 0.4) is 0 Å². The fraction of sp³-hybridized carbons (Fsp3) is 0.357. The number of carbonyl (C=O) groups is 1. The Morgan fingerprint density at radius 1 is 1.29 bits per heavy atom. The van der Waals surface area contributed by atoms with E-state index in [1.165, 1.54) is 7.11 Å². The first-order valence-corrected chi connectivity index (χ1v) is 6.51. The highest BCUT2D eigenvalue weighted by atomic mass is 16.5. The molecule has 1 aromatic carbocycles. The molecule has 0 radical (unpaired) electrons. The molecule has 2 N–H and O–H groups in total. The molecule has 0 aliphatic rings. The molecule has 0 fully saturated rings. The zero-order valence-corrected chi connectivity index (χ0v) is 12.5. The van der Waals surface area contributed by atoms with Gasteiger partial charge in [-0.1, -0.05) is 0 Å². The van der Waals surface area contributed by atoms with E-state index < -0.39 is 18.8 Å². The van der Waals surface area contributed by atoms with Crippen LogP contribution in [-0.2, 0) is 4.65 Å². The van der Waals surface area contributed by atoms with Gasteiger partial charge in [-0.25, -0.2) is 4.79 Å². The fourth-order valence-electron chi connectivity index (χ4n) is 2.13. The van der Waals surface area contributed by atoms with Gasteiger partial charge in [0.1, 0.15) is 5.75 Å². The van der Waals surface area contributed by atoms with E-state index in [2.05, 4.69) is 0 Å². The Morgan fingerprint density at radius 2 is 1.95 bits per heavy atom. The topological polar surface area (TPSA) is 80.9 Å². The molecule has 0 bridgehead atoms. The Kier molecular flexibility index (Phi) is 3.98. The molecule has 21 heavy (non-hydrogen) atoms. The summed E-state index contributed by atoms with van der Waals surface area (Å²) in [5.74, 6) is 0.614. The number of methoxy groups -OCH3 is 1.